The molecule has 3 aromatic rings. The van der Waals surface area contributed by atoms with Crippen molar-refractivity contribution in [3.63, 3.8) is 0 Å². The molecule has 3 heterocycles. The van der Waals surface area contributed by atoms with E-state index in [0.29, 0.717) is 37.8 Å². The number of anilines is 1. The number of amides is 1. The van der Waals surface area contributed by atoms with E-state index in [9.17, 15) is 4.79 Å². The number of imidazole rings is 1. The summed E-state index contributed by atoms with van der Waals surface area (Å²) in [5.41, 5.74) is 9.69. The van der Waals surface area contributed by atoms with Crippen LogP contribution in [0.4, 0.5) is 5.82 Å². The second-order valence-electron chi connectivity index (χ2n) is 7.13. The first-order valence-electron chi connectivity index (χ1n) is 9.03. The number of carbonyl (C=O) groups excluding carboxylic acids is 1. The molecule has 0 atom stereocenters. The van der Waals surface area contributed by atoms with Crippen LogP contribution >= 0.6 is 0 Å². The van der Waals surface area contributed by atoms with Crippen LogP contribution in [-0.2, 0) is 24.3 Å². The Labute approximate surface area is 150 Å². The monoisotopic (exact) mass is 348 g/mol. The third kappa shape index (κ3) is 2.60. The summed E-state index contributed by atoms with van der Waals surface area (Å²) >= 11 is 0. The lowest BCUT2D eigenvalue weighted by Crippen LogP contribution is -2.38. The number of nitrogen functional groups attached to an aromatic ring is 1. The summed E-state index contributed by atoms with van der Waals surface area (Å²) in [4.78, 5) is 19.7. The fraction of sp³-hybridized carbons (Fsp3) is 0.368. The van der Waals surface area contributed by atoms with Gasteiger partial charge in [0.05, 0.1) is 16.7 Å². The lowest BCUT2D eigenvalue weighted by Gasteiger charge is -2.28. The Bertz CT molecular complexity index is 1010. The Morgan fingerprint density at radius 2 is 2.08 bits per heavy atom. The molecule has 0 spiro atoms. The summed E-state index contributed by atoms with van der Waals surface area (Å²) < 4.78 is 2.10. The number of benzene rings is 1. The molecule has 1 fully saturated rings. The van der Waals surface area contributed by atoms with E-state index in [-0.39, 0.29) is 5.91 Å². The summed E-state index contributed by atoms with van der Waals surface area (Å²) in [6.45, 7) is 1.53. The second kappa shape index (κ2) is 5.79. The van der Waals surface area contributed by atoms with Gasteiger partial charge >= 0.3 is 0 Å². The first kappa shape index (κ1) is 15.3. The molecule has 0 bridgehead atoms. The van der Waals surface area contributed by atoms with Crippen LogP contribution in [0.3, 0.4) is 0 Å². The average molecular weight is 348 g/mol. The fourth-order valence-corrected chi connectivity index (χ4v) is 3.71. The second-order valence-corrected chi connectivity index (χ2v) is 7.13. The molecule has 0 unspecified atom stereocenters. The molecule has 2 N–H and O–H groups in total. The highest BCUT2D eigenvalue weighted by molar-refractivity contribution is 5.81. The molecule has 1 aliphatic heterocycles. The van der Waals surface area contributed by atoms with Gasteiger partial charge < -0.3 is 15.2 Å². The maximum atomic E-state index is 13.0. The Morgan fingerprint density at radius 1 is 1.23 bits per heavy atom. The van der Waals surface area contributed by atoms with Crippen molar-refractivity contribution in [3.8, 4) is 0 Å². The smallest absolute Gasteiger partial charge is 0.242 e. The topological polar surface area (TPSA) is 89.9 Å². The van der Waals surface area contributed by atoms with Crippen LogP contribution in [0.2, 0.25) is 0 Å². The number of rotatable bonds is 3. The predicted octanol–water partition coefficient (Wildman–Crippen LogP) is 1.87. The van der Waals surface area contributed by atoms with Crippen molar-refractivity contribution in [2.24, 2.45) is 0 Å². The van der Waals surface area contributed by atoms with Gasteiger partial charge in [0.1, 0.15) is 18.2 Å². The summed E-state index contributed by atoms with van der Waals surface area (Å²) in [5, 5.41) is 8.05. The molecule has 0 radical (unpaired) electrons. The largest absolute Gasteiger partial charge is 0.382 e. The number of carbonyl (C=O) groups is 1. The van der Waals surface area contributed by atoms with Crippen LogP contribution in [0.1, 0.15) is 35.8 Å². The van der Waals surface area contributed by atoms with Crippen LogP contribution in [0.25, 0.3) is 11.0 Å². The number of hydrogen-bond acceptors (Lipinski definition) is 5. The zero-order valence-electron chi connectivity index (χ0n) is 14.4. The minimum absolute atomic E-state index is 0.107. The number of hydrogen-bond donors (Lipinski definition) is 1. The van der Waals surface area contributed by atoms with Gasteiger partial charge in [0.15, 0.2) is 0 Å². The molecule has 1 saturated carbocycles. The number of aromatic nitrogens is 4. The zero-order chi connectivity index (χ0) is 17.7. The van der Waals surface area contributed by atoms with Crippen molar-refractivity contribution < 1.29 is 4.79 Å². The molecular formula is C19H20N6O. The lowest BCUT2D eigenvalue weighted by molar-refractivity contribution is -0.132. The van der Waals surface area contributed by atoms with Gasteiger partial charge in [-0.15, -0.1) is 5.10 Å². The minimum Gasteiger partial charge on any atom is -0.382 e. The van der Waals surface area contributed by atoms with Gasteiger partial charge in [0.2, 0.25) is 5.91 Å². The van der Waals surface area contributed by atoms with Crippen molar-refractivity contribution in [1.29, 1.82) is 0 Å². The van der Waals surface area contributed by atoms with E-state index in [4.69, 9.17) is 10.7 Å². The van der Waals surface area contributed by atoms with Gasteiger partial charge in [0, 0.05) is 25.4 Å². The Balaban J connectivity index is 1.43. The molecule has 132 valence electrons. The van der Waals surface area contributed by atoms with Crippen LogP contribution in [0, 0.1) is 0 Å². The highest BCUT2D eigenvalue weighted by Crippen LogP contribution is 2.40. The van der Waals surface area contributed by atoms with E-state index in [1.165, 1.54) is 0 Å². The normalized spacial score (nSPS) is 16.7. The van der Waals surface area contributed by atoms with E-state index in [1.54, 1.807) is 0 Å². The third-order valence-corrected chi connectivity index (χ3v) is 5.23. The van der Waals surface area contributed by atoms with Gasteiger partial charge in [-0.2, -0.15) is 5.10 Å². The molecule has 1 aliphatic carbocycles. The number of nitrogens with two attached hydrogens (primary N) is 1. The highest BCUT2D eigenvalue weighted by atomic mass is 16.2. The van der Waals surface area contributed by atoms with E-state index in [0.717, 1.165) is 41.0 Å². The molecule has 1 amide bonds. The predicted molar refractivity (Wildman–Crippen MR) is 97.3 cm³/mol. The molecule has 26 heavy (non-hydrogen) atoms. The van der Waals surface area contributed by atoms with E-state index in [2.05, 4.69) is 14.8 Å². The molecule has 0 saturated heterocycles. The highest BCUT2D eigenvalue weighted by Gasteiger charge is 2.31. The first-order valence-corrected chi connectivity index (χ1v) is 9.03. The van der Waals surface area contributed by atoms with Gasteiger partial charge in [-0.3, -0.25) is 4.79 Å². The van der Waals surface area contributed by atoms with Crippen molar-refractivity contribution in [2.45, 2.75) is 38.3 Å². The summed E-state index contributed by atoms with van der Waals surface area (Å²) in [6.07, 6.45) is 3.04. The minimum atomic E-state index is 0.107. The SMILES string of the molecule is Nc1cc2c(nn1)CCN(C(=O)Cn1c(C3CC3)nc3ccccc31)C2. The van der Waals surface area contributed by atoms with Crippen LogP contribution < -0.4 is 5.73 Å². The standard InChI is InChI=1S/C19H20N6O/c20-17-9-13-10-24(8-7-14(13)22-23-17)18(26)11-25-16-4-2-1-3-15(16)21-19(25)12-5-6-12/h1-4,9,12H,5-8,10-11H2,(H2,20,23). The van der Waals surface area contributed by atoms with Crippen molar-refractivity contribution >= 4 is 22.8 Å². The average Bonchev–Trinajstić information content (AvgIpc) is 3.44. The summed E-state index contributed by atoms with van der Waals surface area (Å²) in [7, 11) is 0. The Hall–Kier alpha value is -2.96. The number of para-hydroxylation sites is 2. The van der Waals surface area contributed by atoms with Crippen LogP contribution in [0.5, 0.6) is 0 Å². The molecule has 7 heteroatoms. The lowest BCUT2D eigenvalue weighted by atomic mass is 10.1. The van der Waals surface area contributed by atoms with Crippen molar-refractivity contribution in [3.05, 3.63) is 47.4 Å². The van der Waals surface area contributed by atoms with Crippen LogP contribution in [0.15, 0.2) is 30.3 Å². The van der Waals surface area contributed by atoms with Crippen molar-refractivity contribution in [1.82, 2.24) is 24.6 Å². The van der Waals surface area contributed by atoms with Gasteiger partial charge in [-0.25, -0.2) is 4.98 Å². The van der Waals surface area contributed by atoms with Gasteiger partial charge in [-0.05, 0) is 36.6 Å². The first-order chi connectivity index (χ1) is 12.7. The van der Waals surface area contributed by atoms with Gasteiger partial charge in [0.25, 0.3) is 0 Å². The molecular weight excluding hydrogens is 328 g/mol. The van der Waals surface area contributed by atoms with E-state index in [1.807, 2.05) is 35.2 Å². The molecule has 5 rings (SSSR count). The molecule has 2 aliphatic rings. The number of nitrogens with zero attached hydrogens (tertiary/aromatic N) is 5. The maximum absolute atomic E-state index is 13.0. The number of fused-ring (bicyclic) bond motifs is 2. The van der Waals surface area contributed by atoms with Crippen LogP contribution in [-0.4, -0.2) is 37.1 Å². The fourth-order valence-electron chi connectivity index (χ4n) is 3.71. The zero-order valence-corrected chi connectivity index (χ0v) is 14.4. The van der Waals surface area contributed by atoms with Gasteiger partial charge in [-0.1, -0.05) is 12.1 Å². The Kier molecular flexibility index (Phi) is 3.41. The maximum Gasteiger partial charge on any atom is 0.242 e. The Morgan fingerprint density at radius 3 is 2.92 bits per heavy atom. The molecule has 1 aromatic carbocycles. The summed E-state index contributed by atoms with van der Waals surface area (Å²) in [6, 6.07) is 9.87. The van der Waals surface area contributed by atoms with E-state index < -0.39 is 0 Å². The molecule has 2 aromatic heterocycles. The summed E-state index contributed by atoms with van der Waals surface area (Å²) in [5.74, 6) is 2.05. The molecule has 7 nitrogen and oxygen atoms in total. The van der Waals surface area contributed by atoms with Crippen molar-refractivity contribution in [2.75, 3.05) is 12.3 Å². The van der Waals surface area contributed by atoms with E-state index >= 15 is 0 Å². The third-order valence-electron chi connectivity index (χ3n) is 5.23. The quantitative estimate of drug-likeness (QED) is 0.780.